The highest BCUT2D eigenvalue weighted by atomic mass is 16.4. The van der Waals surface area contributed by atoms with Gasteiger partial charge in [0.15, 0.2) is 0 Å². The Bertz CT molecular complexity index is 1530. The molecule has 2 aromatic heterocycles. The average molecular weight is 732 g/mol. The van der Waals surface area contributed by atoms with Crippen molar-refractivity contribution in [1.82, 2.24) is 36.2 Å². The minimum atomic E-state index is -1.35. The molecule has 2 heterocycles. The molecule has 7 N–H and O–H groups in total. The number of aromatic nitrogens is 3. The molecule has 1 saturated carbocycles. The van der Waals surface area contributed by atoms with Crippen molar-refractivity contribution in [3.63, 3.8) is 0 Å². The van der Waals surface area contributed by atoms with Crippen molar-refractivity contribution in [2.75, 3.05) is 6.54 Å². The third-order valence-electron chi connectivity index (χ3n) is 10.3. The van der Waals surface area contributed by atoms with Gasteiger partial charge in [-0.3, -0.25) is 19.4 Å². The van der Waals surface area contributed by atoms with E-state index in [0.717, 1.165) is 36.8 Å². The van der Waals surface area contributed by atoms with E-state index in [1.807, 2.05) is 30.3 Å². The van der Waals surface area contributed by atoms with Gasteiger partial charge in [0, 0.05) is 44.4 Å². The molecule has 0 unspecified atom stereocenters. The molecule has 53 heavy (non-hydrogen) atoms. The van der Waals surface area contributed by atoms with Gasteiger partial charge >= 0.3 is 6.09 Å². The van der Waals surface area contributed by atoms with Gasteiger partial charge in [-0.25, -0.2) is 9.78 Å². The van der Waals surface area contributed by atoms with Crippen LogP contribution in [0.5, 0.6) is 0 Å². The SMILES string of the molecule is CC(C)[C@@H](CCNC(=O)CCc1ccncc1)C[C@@H](O)[C@H](CC1CCCCC1)NC(=O)[C@H](Cc1c[nH]cn1)NC(=O)[C@H](Cc1ccccc1)NC(=O)O. The van der Waals surface area contributed by atoms with E-state index in [-0.39, 0.29) is 30.6 Å². The largest absolute Gasteiger partial charge is 0.465 e. The first-order chi connectivity index (χ1) is 25.6. The zero-order valence-electron chi connectivity index (χ0n) is 31.0. The number of H-pyrrole nitrogens is 1. The van der Waals surface area contributed by atoms with E-state index < -0.39 is 42.1 Å². The number of benzene rings is 1. The Morgan fingerprint density at radius 3 is 2.25 bits per heavy atom. The Balaban J connectivity index is 1.44. The van der Waals surface area contributed by atoms with Gasteiger partial charge in [-0.2, -0.15) is 0 Å². The highest BCUT2D eigenvalue weighted by Crippen LogP contribution is 2.30. The number of carbonyl (C=O) groups excluding carboxylic acids is 3. The number of carboxylic acid groups (broad SMARTS) is 1. The van der Waals surface area contributed by atoms with Crippen LogP contribution in [0.15, 0.2) is 67.4 Å². The number of nitrogens with one attached hydrogen (secondary N) is 5. The fourth-order valence-electron chi connectivity index (χ4n) is 7.17. The molecular formula is C40H57N7O6. The predicted octanol–water partition coefficient (Wildman–Crippen LogP) is 4.33. The van der Waals surface area contributed by atoms with Crippen LogP contribution < -0.4 is 21.3 Å². The van der Waals surface area contributed by atoms with Crippen LogP contribution in [0.25, 0.3) is 0 Å². The van der Waals surface area contributed by atoms with Gasteiger partial charge in [-0.1, -0.05) is 76.3 Å². The summed E-state index contributed by atoms with van der Waals surface area (Å²) in [6.45, 7) is 4.68. The predicted molar refractivity (Wildman–Crippen MR) is 202 cm³/mol. The molecule has 1 aliphatic carbocycles. The third kappa shape index (κ3) is 14.6. The highest BCUT2D eigenvalue weighted by molar-refractivity contribution is 5.91. The summed E-state index contributed by atoms with van der Waals surface area (Å²) in [6, 6.07) is 10.1. The molecule has 0 radical (unpaired) electrons. The average Bonchev–Trinajstić information content (AvgIpc) is 3.67. The van der Waals surface area contributed by atoms with Gasteiger partial charge in [-0.15, -0.1) is 0 Å². The lowest BCUT2D eigenvalue weighted by Crippen LogP contribution is -2.57. The van der Waals surface area contributed by atoms with Crippen LogP contribution in [-0.4, -0.2) is 79.8 Å². The molecule has 5 atom stereocenters. The van der Waals surface area contributed by atoms with Crippen LogP contribution in [0.1, 0.15) is 88.5 Å². The Labute approximate surface area is 312 Å². The number of aliphatic hydroxyl groups excluding tert-OH is 1. The zero-order valence-corrected chi connectivity index (χ0v) is 31.0. The van der Waals surface area contributed by atoms with Crippen molar-refractivity contribution in [3.05, 3.63) is 84.2 Å². The molecule has 0 saturated heterocycles. The van der Waals surface area contributed by atoms with E-state index in [1.165, 1.54) is 12.7 Å². The summed E-state index contributed by atoms with van der Waals surface area (Å²) in [5.41, 5.74) is 2.36. The summed E-state index contributed by atoms with van der Waals surface area (Å²) < 4.78 is 0. The lowest BCUT2D eigenvalue weighted by molar-refractivity contribution is -0.131. The number of hydrogen-bond donors (Lipinski definition) is 7. The van der Waals surface area contributed by atoms with Crippen molar-refractivity contribution in [2.24, 2.45) is 17.8 Å². The lowest BCUT2D eigenvalue weighted by Gasteiger charge is -2.34. The van der Waals surface area contributed by atoms with E-state index in [0.29, 0.717) is 50.3 Å². The van der Waals surface area contributed by atoms with Gasteiger partial charge < -0.3 is 36.5 Å². The van der Waals surface area contributed by atoms with Crippen LogP contribution in [0.3, 0.4) is 0 Å². The van der Waals surface area contributed by atoms with Crippen molar-refractivity contribution >= 4 is 23.8 Å². The molecule has 0 aliphatic heterocycles. The smallest absolute Gasteiger partial charge is 0.405 e. The van der Waals surface area contributed by atoms with E-state index in [1.54, 1.807) is 30.7 Å². The summed E-state index contributed by atoms with van der Waals surface area (Å²) >= 11 is 0. The van der Waals surface area contributed by atoms with Crippen molar-refractivity contribution in [1.29, 1.82) is 0 Å². The summed E-state index contributed by atoms with van der Waals surface area (Å²) in [6.07, 6.45) is 12.7. The number of imidazole rings is 1. The van der Waals surface area contributed by atoms with E-state index in [4.69, 9.17) is 0 Å². The number of hydrogen-bond acceptors (Lipinski definition) is 7. The normalized spacial score (nSPS) is 16.2. The molecule has 1 aromatic carbocycles. The van der Waals surface area contributed by atoms with Gasteiger partial charge in [0.25, 0.3) is 0 Å². The number of aromatic amines is 1. The number of carbonyl (C=O) groups is 4. The molecule has 0 spiro atoms. The molecule has 1 fully saturated rings. The first-order valence-corrected chi connectivity index (χ1v) is 19.0. The number of nitrogens with zero attached hydrogens (tertiary/aromatic N) is 2. The zero-order chi connectivity index (χ0) is 38.0. The molecule has 3 aromatic rings. The lowest BCUT2D eigenvalue weighted by atomic mass is 9.80. The summed E-state index contributed by atoms with van der Waals surface area (Å²) in [5, 5.41) is 32.6. The highest BCUT2D eigenvalue weighted by Gasteiger charge is 2.33. The molecule has 1 aliphatic rings. The fourth-order valence-corrected chi connectivity index (χ4v) is 7.17. The van der Waals surface area contributed by atoms with Gasteiger partial charge in [0.1, 0.15) is 12.1 Å². The Kier molecular flexibility index (Phi) is 16.8. The number of amides is 4. The van der Waals surface area contributed by atoms with Crippen LogP contribution in [0, 0.1) is 17.8 Å². The summed E-state index contributed by atoms with van der Waals surface area (Å²) in [5.74, 6) is -0.496. The molecule has 4 rings (SSSR count). The molecular weight excluding hydrogens is 674 g/mol. The summed E-state index contributed by atoms with van der Waals surface area (Å²) in [7, 11) is 0. The number of rotatable bonds is 21. The van der Waals surface area contributed by atoms with E-state index in [9.17, 15) is 29.4 Å². The summed E-state index contributed by atoms with van der Waals surface area (Å²) in [4.78, 5) is 63.2. The fraction of sp³-hybridized carbons (Fsp3) is 0.550. The van der Waals surface area contributed by atoms with E-state index >= 15 is 0 Å². The van der Waals surface area contributed by atoms with E-state index in [2.05, 4.69) is 50.1 Å². The topological polar surface area (TPSA) is 198 Å². The van der Waals surface area contributed by atoms with Crippen LogP contribution in [0.4, 0.5) is 4.79 Å². The molecule has 0 bridgehead atoms. The first kappa shape index (κ1) is 41.0. The first-order valence-electron chi connectivity index (χ1n) is 19.0. The molecule has 4 amide bonds. The quantitative estimate of drug-likeness (QED) is 0.0840. The molecule has 288 valence electrons. The van der Waals surface area contributed by atoms with Crippen LogP contribution >= 0.6 is 0 Å². The number of pyridine rings is 1. The van der Waals surface area contributed by atoms with Crippen LogP contribution in [-0.2, 0) is 33.6 Å². The molecule has 13 nitrogen and oxygen atoms in total. The number of aryl methyl sites for hydroxylation is 1. The van der Waals surface area contributed by atoms with Gasteiger partial charge in [-0.05, 0) is 66.7 Å². The number of aliphatic hydroxyl groups is 1. The van der Waals surface area contributed by atoms with Gasteiger partial charge in [0.2, 0.25) is 17.7 Å². The monoisotopic (exact) mass is 731 g/mol. The standard InChI is InChI=1S/C40H57N7O6/c1-27(2)31(17-20-43-37(49)14-13-28-15-18-41-19-16-28)23-36(48)33(21-29-9-5-3-6-10-29)45-39(51)35(24-32-25-42-26-44-32)46-38(50)34(47-40(52)53)22-30-11-7-4-8-12-30/h4,7-8,11-12,15-16,18-19,25-27,29,31,33-36,47-48H,3,5-6,9-10,13-14,17,20-24H2,1-2H3,(H,42,44)(H,43,49)(H,45,51)(H,46,50)(H,52,53)/t31-,33-,34-,35-,36+/m0/s1. The Morgan fingerprint density at radius 2 is 1.58 bits per heavy atom. The van der Waals surface area contributed by atoms with Crippen molar-refractivity contribution < 1.29 is 29.4 Å². The van der Waals surface area contributed by atoms with Crippen molar-refractivity contribution in [3.8, 4) is 0 Å². The third-order valence-corrected chi connectivity index (χ3v) is 10.3. The Morgan fingerprint density at radius 1 is 0.887 bits per heavy atom. The van der Waals surface area contributed by atoms with Gasteiger partial charge in [0.05, 0.1) is 24.2 Å². The maximum Gasteiger partial charge on any atom is 0.405 e. The molecule has 13 heteroatoms. The maximum atomic E-state index is 14.1. The maximum absolute atomic E-state index is 14.1. The Hall–Kier alpha value is -4.78. The second-order valence-electron chi connectivity index (χ2n) is 14.7. The minimum absolute atomic E-state index is 0.0260. The second-order valence-corrected chi connectivity index (χ2v) is 14.7. The second kappa shape index (κ2) is 21.7. The minimum Gasteiger partial charge on any atom is -0.465 e. The van der Waals surface area contributed by atoms with Crippen molar-refractivity contribution in [2.45, 2.75) is 115 Å². The van der Waals surface area contributed by atoms with Crippen LogP contribution in [0.2, 0.25) is 0 Å².